The maximum Gasteiger partial charge on any atom is 0.172 e. The highest BCUT2D eigenvalue weighted by Crippen LogP contribution is 2.26. The molecule has 0 unspecified atom stereocenters. The first-order valence-corrected chi connectivity index (χ1v) is 10.4. The molecule has 32 heavy (non-hydrogen) atoms. The fraction of sp³-hybridized carbons (Fsp3) is 0.273. The lowest BCUT2D eigenvalue weighted by Gasteiger charge is -2.13. The van der Waals surface area contributed by atoms with E-state index in [4.69, 9.17) is 32.7 Å². The van der Waals surface area contributed by atoms with Gasteiger partial charge in [-0.1, -0.05) is 23.2 Å². The summed E-state index contributed by atoms with van der Waals surface area (Å²) in [5.41, 5.74) is 3.06. The zero-order valence-electron chi connectivity index (χ0n) is 18.7. The molecule has 0 fully saturated rings. The second-order valence-electron chi connectivity index (χ2n) is 7.17. The van der Waals surface area contributed by atoms with Crippen LogP contribution in [-0.2, 0) is 0 Å². The van der Waals surface area contributed by atoms with Crippen LogP contribution in [0.25, 0.3) is 22.1 Å². The topological polar surface area (TPSA) is 76.5 Å². The largest absolute Gasteiger partial charge is 0.497 e. The number of nitrogens with zero attached hydrogens (tertiary/aromatic N) is 6. The zero-order chi connectivity index (χ0) is 23.4. The van der Waals surface area contributed by atoms with Crippen molar-refractivity contribution in [3.63, 3.8) is 0 Å². The first kappa shape index (κ1) is 23.6. The van der Waals surface area contributed by atoms with Gasteiger partial charge in [-0.3, -0.25) is 0 Å². The Balaban J connectivity index is 0.000000181. The number of hydrogen-bond donors (Lipinski definition) is 0. The average molecular weight is 475 g/mol. The molecule has 2 aromatic carbocycles. The normalized spacial score (nSPS) is 10.5. The Morgan fingerprint density at radius 3 is 1.28 bits per heavy atom. The van der Waals surface area contributed by atoms with E-state index in [0.29, 0.717) is 21.9 Å². The average Bonchev–Trinajstić information content (AvgIpc) is 2.77. The molecule has 2 heterocycles. The van der Waals surface area contributed by atoms with Crippen LogP contribution >= 0.6 is 23.2 Å². The summed E-state index contributed by atoms with van der Waals surface area (Å²) in [7, 11) is 10.8. The van der Waals surface area contributed by atoms with Gasteiger partial charge in [0.1, 0.15) is 11.5 Å². The Hall–Kier alpha value is -3.10. The molecule has 2 aromatic heterocycles. The Kier molecular flexibility index (Phi) is 7.37. The van der Waals surface area contributed by atoms with Crippen molar-refractivity contribution in [1.82, 2.24) is 19.9 Å². The highest BCUT2D eigenvalue weighted by molar-refractivity contribution is 6.32. The van der Waals surface area contributed by atoms with Crippen LogP contribution in [0.2, 0.25) is 10.3 Å². The van der Waals surface area contributed by atoms with Crippen LogP contribution in [0.5, 0.6) is 11.5 Å². The number of aromatic nitrogens is 4. The molecule has 0 N–H and O–H groups in total. The Morgan fingerprint density at radius 1 is 0.594 bits per heavy atom. The lowest BCUT2D eigenvalue weighted by Crippen LogP contribution is -2.12. The predicted molar refractivity (Wildman–Crippen MR) is 131 cm³/mol. The Bertz CT molecular complexity index is 1150. The van der Waals surface area contributed by atoms with E-state index in [9.17, 15) is 0 Å². The quantitative estimate of drug-likeness (QED) is 0.420. The summed E-state index contributed by atoms with van der Waals surface area (Å²) in [6.07, 6.45) is 0. The maximum absolute atomic E-state index is 6.03. The SMILES string of the molecule is COc1ccc2nc(Cl)c(N(C)C)nc2c1.COc1ccc2nc(Cl)c(N(C)C)nc2c1. The van der Waals surface area contributed by atoms with Gasteiger partial charge in [-0.2, -0.15) is 0 Å². The van der Waals surface area contributed by atoms with E-state index < -0.39 is 0 Å². The first-order chi connectivity index (χ1) is 15.2. The standard InChI is InChI=1S/2C11H12ClN3O/c2*1-15(2)11-10(12)13-8-5-4-7(16-3)6-9(8)14-11/h2*4-6H,1-3H3. The molecule has 4 aromatic rings. The lowest BCUT2D eigenvalue weighted by molar-refractivity contribution is 0.415. The number of rotatable bonds is 4. The van der Waals surface area contributed by atoms with E-state index in [1.54, 1.807) is 14.2 Å². The molecular weight excluding hydrogens is 451 g/mol. The van der Waals surface area contributed by atoms with E-state index in [0.717, 1.165) is 33.6 Å². The monoisotopic (exact) mass is 474 g/mol. The minimum absolute atomic E-state index is 0.405. The van der Waals surface area contributed by atoms with Gasteiger partial charge in [-0.15, -0.1) is 0 Å². The molecule has 0 amide bonds. The summed E-state index contributed by atoms with van der Waals surface area (Å²) < 4.78 is 10.3. The number of benzene rings is 2. The van der Waals surface area contributed by atoms with Gasteiger partial charge < -0.3 is 19.3 Å². The third-order valence-corrected chi connectivity index (χ3v) is 4.98. The van der Waals surface area contributed by atoms with Gasteiger partial charge in [0.2, 0.25) is 0 Å². The highest BCUT2D eigenvalue weighted by Gasteiger charge is 2.10. The van der Waals surface area contributed by atoms with Crippen molar-refractivity contribution in [2.24, 2.45) is 0 Å². The van der Waals surface area contributed by atoms with Crippen molar-refractivity contribution in [2.75, 3.05) is 52.2 Å². The Morgan fingerprint density at radius 2 is 0.969 bits per heavy atom. The van der Waals surface area contributed by atoms with Gasteiger partial charge in [0.25, 0.3) is 0 Å². The van der Waals surface area contributed by atoms with Crippen LogP contribution in [0.1, 0.15) is 0 Å². The fourth-order valence-corrected chi connectivity index (χ4v) is 3.43. The van der Waals surface area contributed by atoms with Gasteiger partial charge in [-0.05, 0) is 24.3 Å². The van der Waals surface area contributed by atoms with Gasteiger partial charge in [0.15, 0.2) is 21.9 Å². The van der Waals surface area contributed by atoms with Crippen LogP contribution < -0.4 is 19.3 Å². The van der Waals surface area contributed by atoms with Gasteiger partial charge in [-0.25, -0.2) is 19.9 Å². The number of fused-ring (bicyclic) bond motifs is 2. The summed E-state index contributed by atoms with van der Waals surface area (Å²) >= 11 is 12.1. The lowest BCUT2D eigenvalue weighted by atomic mass is 10.3. The fourth-order valence-electron chi connectivity index (χ4n) is 2.83. The van der Waals surface area contributed by atoms with E-state index in [-0.39, 0.29) is 0 Å². The Labute approximate surface area is 196 Å². The third kappa shape index (κ3) is 5.20. The summed E-state index contributed by atoms with van der Waals surface area (Å²) in [5.74, 6) is 2.83. The minimum Gasteiger partial charge on any atom is -0.497 e. The molecule has 10 heteroatoms. The minimum atomic E-state index is 0.405. The number of anilines is 2. The molecule has 0 atom stereocenters. The second kappa shape index (κ2) is 10.0. The predicted octanol–water partition coefficient (Wildman–Crippen LogP) is 4.72. The van der Waals surface area contributed by atoms with Crippen molar-refractivity contribution in [3.8, 4) is 11.5 Å². The van der Waals surface area contributed by atoms with Crippen molar-refractivity contribution in [3.05, 3.63) is 46.7 Å². The third-order valence-electron chi connectivity index (χ3n) is 4.47. The molecule has 4 rings (SSSR count). The van der Waals surface area contributed by atoms with Crippen molar-refractivity contribution in [2.45, 2.75) is 0 Å². The molecule has 0 bridgehead atoms. The zero-order valence-corrected chi connectivity index (χ0v) is 20.2. The van der Waals surface area contributed by atoms with Crippen molar-refractivity contribution in [1.29, 1.82) is 0 Å². The molecule has 0 saturated heterocycles. The highest BCUT2D eigenvalue weighted by atomic mass is 35.5. The number of ether oxygens (including phenoxy) is 2. The van der Waals surface area contributed by atoms with E-state index in [2.05, 4.69) is 19.9 Å². The molecule has 168 valence electrons. The van der Waals surface area contributed by atoms with Gasteiger partial charge in [0.05, 0.1) is 36.3 Å². The first-order valence-electron chi connectivity index (χ1n) is 9.60. The molecule has 8 nitrogen and oxygen atoms in total. The molecule has 0 aliphatic carbocycles. The van der Waals surface area contributed by atoms with E-state index in [1.165, 1.54) is 0 Å². The maximum atomic E-state index is 6.03. The molecule has 0 aliphatic rings. The van der Waals surface area contributed by atoms with Crippen LogP contribution in [0.3, 0.4) is 0 Å². The van der Waals surface area contributed by atoms with E-state index >= 15 is 0 Å². The van der Waals surface area contributed by atoms with Gasteiger partial charge in [0, 0.05) is 40.3 Å². The summed E-state index contributed by atoms with van der Waals surface area (Å²) in [4.78, 5) is 21.1. The van der Waals surface area contributed by atoms with Gasteiger partial charge >= 0.3 is 0 Å². The molecule has 0 radical (unpaired) electrons. The van der Waals surface area contributed by atoms with Crippen LogP contribution in [-0.4, -0.2) is 62.3 Å². The van der Waals surface area contributed by atoms with E-state index in [1.807, 2.05) is 74.4 Å². The smallest absolute Gasteiger partial charge is 0.172 e. The van der Waals surface area contributed by atoms with Crippen molar-refractivity contribution >= 4 is 56.9 Å². The number of methoxy groups -OCH3 is 2. The molecule has 0 aliphatic heterocycles. The summed E-state index contributed by atoms with van der Waals surface area (Å²) in [5, 5.41) is 0.810. The summed E-state index contributed by atoms with van der Waals surface area (Å²) in [6, 6.07) is 11.0. The van der Waals surface area contributed by atoms with Crippen LogP contribution in [0.4, 0.5) is 11.6 Å². The second-order valence-corrected chi connectivity index (χ2v) is 7.89. The molecule has 0 saturated carbocycles. The van der Waals surface area contributed by atoms with Crippen LogP contribution in [0, 0.1) is 0 Å². The molecular formula is C22H24Cl2N6O2. The van der Waals surface area contributed by atoms with Crippen molar-refractivity contribution < 1.29 is 9.47 Å². The number of halogens is 2. The summed E-state index contributed by atoms with van der Waals surface area (Å²) in [6.45, 7) is 0. The number of hydrogen-bond acceptors (Lipinski definition) is 8. The molecule has 0 spiro atoms. The van der Waals surface area contributed by atoms with Crippen LogP contribution in [0.15, 0.2) is 36.4 Å².